The Labute approximate surface area is 36.0 Å². The van der Waals surface area contributed by atoms with E-state index in [4.69, 9.17) is 10.9 Å². The number of rotatable bonds is 2. The molecule has 0 aliphatic carbocycles. The van der Waals surface area contributed by atoms with Crippen LogP contribution in [-0.4, -0.2) is 12.3 Å². The van der Waals surface area contributed by atoms with Crippen molar-refractivity contribution < 1.29 is 0 Å². The second-order valence-electron chi connectivity index (χ2n) is 0.659. The summed E-state index contributed by atoms with van der Waals surface area (Å²) in [6.07, 6.45) is 0. The van der Waals surface area contributed by atoms with E-state index < -0.39 is 0 Å². The van der Waals surface area contributed by atoms with Gasteiger partial charge in [0.1, 0.15) is 0 Å². The summed E-state index contributed by atoms with van der Waals surface area (Å²) in [6, 6.07) is 0. The molecule has 0 atom stereocenters. The maximum atomic E-state index is 5.04. The lowest BCUT2D eigenvalue weighted by molar-refractivity contribution is 1.15. The van der Waals surface area contributed by atoms with Crippen molar-refractivity contribution in [3.8, 4) is 0 Å². The molecule has 3 heteroatoms. The minimum absolute atomic E-state index is 0.682. The van der Waals surface area contributed by atoms with Gasteiger partial charge in [0.25, 0.3) is 0 Å². The number of hydrogen-bond acceptors (Lipinski definition) is 3. The molecule has 0 rings (SSSR count). The zero-order chi connectivity index (χ0) is 4.12. The van der Waals surface area contributed by atoms with Gasteiger partial charge < -0.3 is 5.73 Å². The molecule has 0 aliphatic rings. The van der Waals surface area contributed by atoms with E-state index in [1.807, 2.05) is 0 Å². The molecule has 0 aromatic heterocycles. The van der Waals surface area contributed by atoms with E-state index in [1.54, 1.807) is 0 Å². The summed E-state index contributed by atoms with van der Waals surface area (Å²) >= 11 is 1.28. The Morgan fingerprint density at radius 1 is 1.60 bits per heavy atom. The highest BCUT2D eigenvalue weighted by molar-refractivity contribution is 7.97. The van der Waals surface area contributed by atoms with E-state index >= 15 is 0 Å². The van der Waals surface area contributed by atoms with Gasteiger partial charge in [0.2, 0.25) is 0 Å². The molecule has 0 spiro atoms. The van der Waals surface area contributed by atoms with Gasteiger partial charge >= 0.3 is 0 Å². The molecular formula is C2H8N2S. The second-order valence-corrected chi connectivity index (χ2v) is 1.40. The fourth-order valence-corrected chi connectivity index (χ4v) is 0.204. The van der Waals surface area contributed by atoms with Crippen LogP contribution in [0.25, 0.3) is 0 Å². The van der Waals surface area contributed by atoms with Crippen LogP contribution >= 0.6 is 11.9 Å². The molecule has 0 aromatic rings. The Bertz CT molecular complexity index is 15.1. The predicted octanol–water partition coefficient (Wildman–Crippen LogP) is -0.448. The molecular weight excluding hydrogens is 84.1 g/mol. The van der Waals surface area contributed by atoms with Crippen molar-refractivity contribution >= 4 is 11.9 Å². The Kier molecular flexibility index (Phi) is 4.50. The number of hydrogen-bond donors (Lipinski definition) is 2. The minimum atomic E-state index is 0.682. The van der Waals surface area contributed by atoms with Crippen molar-refractivity contribution in [1.29, 1.82) is 0 Å². The summed E-state index contributed by atoms with van der Waals surface area (Å²) in [4.78, 5) is 0. The number of nitrogens with two attached hydrogens (primary N) is 2. The molecule has 0 amide bonds. The third kappa shape index (κ3) is 4.27. The van der Waals surface area contributed by atoms with Gasteiger partial charge in [0.05, 0.1) is 0 Å². The molecule has 0 saturated heterocycles. The molecule has 0 unspecified atom stereocenters. The molecule has 0 heterocycles. The monoisotopic (exact) mass is 92.0 g/mol. The second kappa shape index (κ2) is 4.27. The first-order chi connectivity index (χ1) is 2.41. The van der Waals surface area contributed by atoms with Crippen molar-refractivity contribution in [2.24, 2.45) is 10.9 Å². The van der Waals surface area contributed by atoms with Crippen molar-refractivity contribution in [2.75, 3.05) is 12.3 Å². The smallest absolute Gasteiger partial charge is 0.0200 e. The van der Waals surface area contributed by atoms with Crippen LogP contribution < -0.4 is 10.9 Å². The van der Waals surface area contributed by atoms with E-state index in [0.717, 1.165) is 5.75 Å². The van der Waals surface area contributed by atoms with E-state index in [9.17, 15) is 0 Å². The SMILES string of the molecule is NCCSN. The summed E-state index contributed by atoms with van der Waals surface area (Å²) in [5, 5.41) is 4.98. The highest BCUT2D eigenvalue weighted by atomic mass is 32.2. The van der Waals surface area contributed by atoms with E-state index in [2.05, 4.69) is 0 Å². The predicted molar refractivity (Wildman–Crippen MR) is 25.7 cm³/mol. The van der Waals surface area contributed by atoms with Gasteiger partial charge in [-0.3, -0.25) is 5.14 Å². The zero-order valence-electron chi connectivity index (χ0n) is 2.98. The maximum Gasteiger partial charge on any atom is 0.0200 e. The molecule has 32 valence electrons. The molecule has 2 nitrogen and oxygen atoms in total. The normalized spacial score (nSPS) is 8.40. The van der Waals surface area contributed by atoms with E-state index in [0.29, 0.717) is 6.54 Å². The van der Waals surface area contributed by atoms with Crippen molar-refractivity contribution in [2.45, 2.75) is 0 Å². The molecule has 0 radical (unpaired) electrons. The topological polar surface area (TPSA) is 52.0 Å². The van der Waals surface area contributed by atoms with Crippen LogP contribution in [0.2, 0.25) is 0 Å². The van der Waals surface area contributed by atoms with Crippen molar-refractivity contribution in [1.82, 2.24) is 0 Å². The van der Waals surface area contributed by atoms with Gasteiger partial charge in [0, 0.05) is 12.3 Å². The average molecular weight is 92.2 g/mol. The summed E-state index contributed by atoms with van der Waals surface area (Å²) in [5.74, 6) is 0.861. The molecule has 5 heavy (non-hydrogen) atoms. The lowest BCUT2D eigenvalue weighted by atomic mass is 10.8. The van der Waals surface area contributed by atoms with Crippen LogP contribution in [0.4, 0.5) is 0 Å². The molecule has 0 fully saturated rings. The van der Waals surface area contributed by atoms with Gasteiger partial charge in [-0.2, -0.15) is 0 Å². The minimum Gasteiger partial charge on any atom is -0.330 e. The molecule has 0 aliphatic heterocycles. The van der Waals surface area contributed by atoms with Crippen LogP contribution in [-0.2, 0) is 0 Å². The fourth-order valence-electron chi connectivity index (χ4n) is 0.0680. The maximum absolute atomic E-state index is 5.04. The quantitative estimate of drug-likeness (QED) is 0.454. The first-order valence-corrected chi connectivity index (χ1v) is 2.48. The molecule has 0 aromatic carbocycles. The van der Waals surface area contributed by atoms with Crippen LogP contribution in [0.3, 0.4) is 0 Å². The lowest BCUT2D eigenvalue weighted by Crippen LogP contribution is -2.02. The van der Waals surface area contributed by atoms with Gasteiger partial charge in [0.15, 0.2) is 0 Å². The largest absolute Gasteiger partial charge is 0.330 e. The highest BCUT2D eigenvalue weighted by Crippen LogP contribution is 1.76. The van der Waals surface area contributed by atoms with Gasteiger partial charge in [-0.25, -0.2) is 0 Å². The Balaban J connectivity index is 2.19. The zero-order valence-corrected chi connectivity index (χ0v) is 3.79. The first-order valence-electron chi connectivity index (χ1n) is 1.43. The lowest BCUT2D eigenvalue weighted by Gasteiger charge is -1.80. The Morgan fingerprint density at radius 2 is 2.20 bits per heavy atom. The molecule has 0 bridgehead atoms. The highest BCUT2D eigenvalue weighted by Gasteiger charge is 1.68. The third-order valence-corrected chi connectivity index (χ3v) is 0.707. The third-order valence-electron chi connectivity index (χ3n) is 0.236. The first kappa shape index (κ1) is 5.27. The van der Waals surface area contributed by atoms with E-state index in [-0.39, 0.29) is 0 Å². The van der Waals surface area contributed by atoms with Gasteiger partial charge in [-0.1, -0.05) is 11.9 Å². The van der Waals surface area contributed by atoms with Crippen LogP contribution in [0.5, 0.6) is 0 Å². The van der Waals surface area contributed by atoms with Crippen molar-refractivity contribution in [3.05, 3.63) is 0 Å². The Hall–Kier alpha value is 0.270. The standard InChI is InChI=1S/C2H8N2S/c3-1-2-5-4/h1-4H2. The summed E-state index contributed by atoms with van der Waals surface area (Å²) < 4.78 is 0. The summed E-state index contributed by atoms with van der Waals surface area (Å²) in [6.45, 7) is 0.682. The van der Waals surface area contributed by atoms with Crippen LogP contribution in [0.1, 0.15) is 0 Å². The van der Waals surface area contributed by atoms with Gasteiger partial charge in [-0.05, 0) is 0 Å². The fraction of sp³-hybridized carbons (Fsp3) is 1.00. The average Bonchev–Trinajstić information content (AvgIpc) is 1.41. The summed E-state index contributed by atoms with van der Waals surface area (Å²) in [5.41, 5.74) is 5.04. The van der Waals surface area contributed by atoms with Crippen LogP contribution in [0.15, 0.2) is 0 Å². The van der Waals surface area contributed by atoms with E-state index in [1.165, 1.54) is 11.9 Å². The van der Waals surface area contributed by atoms with Gasteiger partial charge in [-0.15, -0.1) is 0 Å². The molecule has 4 N–H and O–H groups in total. The van der Waals surface area contributed by atoms with Crippen molar-refractivity contribution in [3.63, 3.8) is 0 Å². The van der Waals surface area contributed by atoms with Crippen LogP contribution in [0, 0.1) is 0 Å². The Morgan fingerprint density at radius 3 is 2.20 bits per heavy atom. The molecule has 0 saturated carbocycles. The summed E-state index contributed by atoms with van der Waals surface area (Å²) in [7, 11) is 0.